The van der Waals surface area contributed by atoms with Gasteiger partial charge < -0.3 is 18.9 Å². The van der Waals surface area contributed by atoms with E-state index >= 15 is 0 Å². The van der Waals surface area contributed by atoms with E-state index in [9.17, 15) is 0 Å². The normalized spacial score (nSPS) is 13.6. The summed E-state index contributed by atoms with van der Waals surface area (Å²) in [5, 5.41) is 3.85. The number of fused-ring (bicyclic) bond motifs is 6. The van der Waals surface area contributed by atoms with Crippen LogP contribution in [0.1, 0.15) is 36.9 Å². The molecule has 10 aromatic rings. The zero-order chi connectivity index (χ0) is 42.4. The molecule has 4 heteroatoms. The largest absolute Gasteiger partial charge is 0.314 e. The molecule has 0 spiro atoms. The van der Waals surface area contributed by atoms with Crippen LogP contribution < -0.4 is 9.80 Å². The summed E-state index contributed by atoms with van der Waals surface area (Å²) in [7, 11) is 0. The first-order chi connectivity index (χ1) is 31.8. The SMILES string of the molecule is C1=CCCC(N(c2ccc(-c3ccc(N(c4ccccc4)c4ccc5c(c4)c4ccccc4n5-c4ccccc4)cc3)cc2)c2ccc3c(c2)c2c(n3-c3ccccc3)CCCC2)=C1. The highest BCUT2D eigenvalue weighted by molar-refractivity contribution is 6.10. The van der Waals surface area contributed by atoms with E-state index in [0.29, 0.717) is 0 Å². The average Bonchev–Trinajstić information content (AvgIpc) is 3.88. The Balaban J connectivity index is 0.893. The maximum Gasteiger partial charge on any atom is 0.0542 e. The van der Waals surface area contributed by atoms with Crippen LogP contribution in [0.5, 0.6) is 0 Å². The van der Waals surface area contributed by atoms with Crippen LogP contribution in [-0.4, -0.2) is 9.13 Å². The molecule has 0 unspecified atom stereocenters. The molecular formula is C60H48N4. The molecule has 12 rings (SSSR count). The van der Waals surface area contributed by atoms with Crippen LogP contribution in [0.2, 0.25) is 0 Å². The fourth-order valence-corrected chi connectivity index (χ4v) is 10.4. The summed E-state index contributed by atoms with van der Waals surface area (Å²) < 4.78 is 4.89. The van der Waals surface area contributed by atoms with E-state index in [1.807, 2.05) is 0 Å². The number of aromatic nitrogens is 2. The van der Waals surface area contributed by atoms with Gasteiger partial charge in [-0.25, -0.2) is 0 Å². The first-order valence-corrected chi connectivity index (χ1v) is 22.8. The molecule has 0 fully saturated rings. The van der Waals surface area contributed by atoms with Gasteiger partial charge in [0.1, 0.15) is 0 Å². The smallest absolute Gasteiger partial charge is 0.0542 e. The fourth-order valence-electron chi connectivity index (χ4n) is 10.4. The van der Waals surface area contributed by atoms with E-state index < -0.39 is 0 Å². The number of allylic oxidation sites excluding steroid dienone is 4. The minimum Gasteiger partial charge on any atom is -0.314 e. The van der Waals surface area contributed by atoms with Crippen LogP contribution in [-0.2, 0) is 12.8 Å². The monoisotopic (exact) mass is 824 g/mol. The van der Waals surface area contributed by atoms with Crippen molar-refractivity contribution >= 4 is 61.1 Å². The van der Waals surface area contributed by atoms with Gasteiger partial charge in [0.15, 0.2) is 0 Å². The molecule has 0 bridgehead atoms. The van der Waals surface area contributed by atoms with Crippen LogP contribution in [0, 0.1) is 0 Å². The second kappa shape index (κ2) is 16.1. The highest BCUT2D eigenvalue weighted by Crippen LogP contribution is 2.43. The molecule has 8 aromatic carbocycles. The standard InChI is InChI=1S/C60H48N4/c1-5-17-45(18-6-1)61(51-37-39-59-55(41-51)53-25-13-15-27-57(53)63(59)47-21-9-3-10-22-47)49-33-29-43(30-34-49)44-31-35-50(36-32-44)62(46-19-7-2-8-20-46)52-38-40-60-56(42-52)54-26-14-16-28-58(54)64(60)48-23-11-4-12-24-48/h1-7,9-13,15,17-19,21-25,27,29-42H,8,14,16,20,26,28H2. The molecule has 4 nitrogen and oxygen atoms in total. The van der Waals surface area contributed by atoms with Crippen molar-refractivity contribution in [2.75, 3.05) is 9.80 Å². The summed E-state index contributed by atoms with van der Waals surface area (Å²) in [6.45, 7) is 0. The van der Waals surface area contributed by atoms with Crippen molar-refractivity contribution in [3.05, 3.63) is 235 Å². The van der Waals surface area contributed by atoms with E-state index in [1.165, 1.54) is 90.7 Å². The maximum atomic E-state index is 2.52. The summed E-state index contributed by atoms with van der Waals surface area (Å²) in [4.78, 5) is 4.85. The minimum atomic E-state index is 1.00. The zero-order valence-electron chi connectivity index (χ0n) is 35.8. The number of hydrogen-bond acceptors (Lipinski definition) is 2. The number of hydrogen-bond donors (Lipinski definition) is 0. The molecule has 0 N–H and O–H groups in total. The molecule has 0 saturated heterocycles. The van der Waals surface area contributed by atoms with Gasteiger partial charge in [-0.15, -0.1) is 0 Å². The molecule has 0 atom stereocenters. The van der Waals surface area contributed by atoms with Gasteiger partial charge in [-0.05, 0) is 164 Å². The molecule has 2 heterocycles. The molecule has 0 saturated carbocycles. The Morgan fingerprint density at radius 2 is 0.891 bits per heavy atom. The van der Waals surface area contributed by atoms with Crippen LogP contribution in [0.4, 0.5) is 28.4 Å². The number of anilines is 5. The number of benzene rings is 8. The molecule has 2 aliphatic carbocycles. The lowest BCUT2D eigenvalue weighted by atomic mass is 9.95. The van der Waals surface area contributed by atoms with Gasteiger partial charge >= 0.3 is 0 Å². The summed E-state index contributed by atoms with van der Waals surface area (Å²) in [6.07, 6.45) is 13.6. The molecular weight excluding hydrogens is 777 g/mol. The van der Waals surface area contributed by atoms with Gasteiger partial charge in [0.2, 0.25) is 0 Å². The maximum absolute atomic E-state index is 2.52. The highest BCUT2D eigenvalue weighted by atomic mass is 15.2. The average molecular weight is 825 g/mol. The Hall–Kier alpha value is -7.82. The highest BCUT2D eigenvalue weighted by Gasteiger charge is 2.24. The fraction of sp³-hybridized carbons (Fsp3) is 0.100. The van der Waals surface area contributed by atoms with Crippen molar-refractivity contribution in [3.63, 3.8) is 0 Å². The van der Waals surface area contributed by atoms with Crippen LogP contribution in [0.15, 0.2) is 224 Å². The lowest BCUT2D eigenvalue weighted by molar-refractivity contribution is 0.667. The summed E-state index contributed by atoms with van der Waals surface area (Å²) in [5.41, 5.74) is 18.6. The number of rotatable bonds is 9. The first kappa shape index (κ1) is 37.9. The lowest BCUT2D eigenvalue weighted by Gasteiger charge is -2.29. The van der Waals surface area contributed by atoms with Crippen LogP contribution in [0.25, 0.3) is 55.2 Å². The first-order valence-electron chi connectivity index (χ1n) is 22.8. The third-order valence-electron chi connectivity index (χ3n) is 13.3. The van der Waals surface area contributed by atoms with Gasteiger partial charge in [0, 0.05) is 67.4 Å². The predicted octanol–water partition coefficient (Wildman–Crippen LogP) is 16.1. The van der Waals surface area contributed by atoms with E-state index in [4.69, 9.17) is 0 Å². The Morgan fingerprint density at radius 1 is 0.375 bits per heavy atom. The Morgan fingerprint density at radius 3 is 1.56 bits per heavy atom. The van der Waals surface area contributed by atoms with Gasteiger partial charge in [-0.3, -0.25) is 0 Å². The van der Waals surface area contributed by atoms with Gasteiger partial charge in [-0.2, -0.15) is 0 Å². The van der Waals surface area contributed by atoms with Crippen LogP contribution >= 0.6 is 0 Å². The van der Waals surface area contributed by atoms with Crippen LogP contribution in [0.3, 0.4) is 0 Å². The van der Waals surface area contributed by atoms with Gasteiger partial charge in [0.05, 0.1) is 16.6 Å². The van der Waals surface area contributed by atoms with Crippen molar-refractivity contribution in [1.82, 2.24) is 9.13 Å². The molecule has 2 aromatic heterocycles. The van der Waals surface area contributed by atoms with Crippen molar-refractivity contribution < 1.29 is 0 Å². The third kappa shape index (κ3) is 6.62. The van der Waals surface area contributed by atoms with Crippen molar-refractivity contribution in [3.8, 4) is 22.5 Å². The summed E-state index contributed by atoms with van der Waals surface area (Å²) in [6, 6.07) is 73.3. The Labute approximate surface area is 374 Å². The topological polar surface area (TPSA) is 16.3 Å². The van der Waals surface area contributed by atoms with Crippen molar-refractivity contribution in [2.24, 2.45) is 0 Å². The van der Waals surface area contributed by atoms with E-state index in [-0.39, 0.29) is 0 Å². The summed E-state index contributed by atoms with van der Waals surface area (Å²) in [5.74, 6) is 0. The number of nitrogens with zero attached hydrogens (tertiary/aromatic N) is 4. The predicted molar refractivity (Wildman–Crippen MR) is 269 cm³/mol. The number of para-hydroxylation sites is 4. The summed E-state index contributed by atoms with van der Waals surface area (Å²) >= 11 is 0. The van der Waals surface area contributed by atoms with E-state index in [1.54, 1.807) is 0 Å². The molecule has 0 aliphatic heterocycles. The second-order valence-electron chi connectivity index (χ2n) is 17.1. The quantitative estimate of drug-likeness (QED) is 0.144. The molecule has 64 heavy (non-hydrogen) atoms. The molecule has 308 valence electrons. The van der Waals surface area contributed by atoms with Crippen molar-refractivity contribution in [2.45, 2.75) is 38.5 Å². The lowest BCUT2D eigenvalue weighted by Crippen LogP contribution is -2.17. The Bertz CT molecular complexity index is 3360. The zero-order valence-corrected chi connectivity index (χ0v) is 35.8. The van der Waals surface area contributed by atoms with E-state index in [0.717, 1.165) is 48.4 Å². The molecule has 0 amide bonds. The van der Waals surface area contributed by atoms with E-state index in [2.05, 4.69) is 237 Å². The molecule has 0 radical (unpaired) electrons. The van der Waals surface area contributed by atoms with Gasteiger partial charge in [-0.1, -0.05) is 109 Å². The van der Waals surface area contributed by atoms with Crippen molar-refractivity contribution in [1.29, 1.82) is 0 Å². The number of aryl methyl sites for hydroxylation is 1. The third-order valence-corrected chi connectivity index (χ3v) is 13.3. The second-order valence-corrected chi connectivity index (χ2v) is 17.1. The van der Waals surface area contributed by atoms with Gasteiger partial charge in [0.25, 0.3) is 0 Å². The molecule has 2 aliphatic rings. The Kier molecular flexibility index (Phi) is 9.56. The minimum absolute atomic E-state index is 1.00.